The molecule has 1 heterocycles. The van der Waals surface area contributed by atoms with Crippen molar-refractivity contribution in [3.05, 3.63) is 0 Å². The summed E-state index contributed by atoms with van der Waals surface area (Å²) in [6.45, 7) is 3.42. The van der Waals surface area contributed by atoms with Crippen LogP contribution in [0.4, 0.5) is 0 Å². The van der Waals surface area contributed by atoms with Crippen LogP contribution in [0.1, 0.15) is 19.8 Å². The number of hydrogen-bond acceptors (Lipinski definition) is 4. The largest absolute Gasteiger partial charge is 0.350 e. The zero-order chi connectivity index (χ0) is 10.4. The highest BCUT2D eigenvalue weighted by molar-refractivity contribution is 7.89. The van der Waals surface area contributed by atoms with Crippen LogP contribution in [-0.4, -0.2) is 40.2 Å². The van der Waals surface area contributed by atoms with Crippen LogP contribution >= 0.6 is 0 Å². The van der Waals surface area contributed by atoms with E-state index in [9.17, 15) is 8.42 Å². The lowest BCUT2D eigenvalue weighted by Crippen LogP contribution is -2.29. The Kier molecular flexibility index (Phi) is 4.80. The molecule has 0 aromatic rings. The third-order valence-corrected chi connectivity index (χ3v) is 3.46. The van der Waals surface area contributed by atoms with Crippen molar-refractivity contribution in [1.29, 1.82) is 0 Å². The normalized spacial score (nSPS) is 18.9. The topological polar surface area (TPSA) is 64.6 Å². The second-order valence-corrected chi connectivity index (χ2v) is 5.10. The summed E-state index contributed by atoms with van der Waals surface area (Å²) in [6.07, 6.45) is 0.966. The molecule has 1 saturated heterocycles. The standard InChI is InChI=1S/C8H17NO4S/c1-2-7-14(10,11)9-4-3-8-12-5-6-13-8/h8-9H,2-7H2,1H3. The molecule has 0 spiro atoms. The number of ether oxygens (including phenoxy) is 2. The number of sulfonamides is 1. The van der Waals surface area contributed by atoms with Crippen molar-refractivity contribution in [3.8, 4) is 0 Å². The van der Waals surface area contributed by atoms with Crippen LogP contribution in [0, 0.1) is 0 Å². The Morgan fingerprint density at radius 2 is 2.00 bits per heavy atom. The van der Waals surface area contributed by atoms with Gasteiger partial charge in [0.2, 0.25) is 10.0 Å². The third-order valence-electron chi connectivity index (χ3n) is 1.87. The molecule has 0 aromatic heterocycles. The fourth-order valence-electron chi connectivity index (χ4n) is 1.25. The first-order valence-electron chi connectivity index (χ1n) is 4.84. The quantitative estimate of drug-likeness (QED) is 0.692. The monoisotopic (exact) mass is 223 g/mol. The van der Waals surface area contributed by atoms with Crippen LogP contribution in [0.2, 0.25) is 0 Å². The average molecular weight is 223 g/mol. The van der Waals surface area contributed by atoms with Gasteiger partial charge in [-0.15, -0.1) is 0 Å². The molecule has 0 saturated carbocycles. The lowest BCUT2D eigenvalue weighted by molar-refractivity contribution is -0.0451. The van der Waals surface area contributed by atoms with Crippen LogP contribution < -0.4 is 4.72 Å². The fraction of sp³-hybridized carbons (Fsp3) is 1.00. The Balaban J connectivity index is 2.13. The molecule has 0 unspecified atom stereocenters. The van der Waals surface area contributed by atoms with Crippen LogP contribution in [-0.2, 0) is 19.5 Å². The lowest BCUT2D eigenvalue weighted by Gasteiger charge is -2.09. The van der Waals surface area contributed by atoms with Crippen molar-refractivity contribution in [2.45, 2.75) is 26.1 Å². The smallest absolute Gasteiger partial charge is 0.211 e. The lowest BCUT2D eigenvalue weighted by atomic mass is 10.4. The van der Waals surface area contributed by atoms with E-state index in [0.717, 1.165) is 0 Å². The molecule has 0 aromatic carbocycles. The van der Waals surface area contributed by atoms with Gasteiger partial charge in [-0.2, -0.15) is 0 Å². The van der Waals surface area contributed by atoms with Gasteiger partial charge < -0.3 is 9.47 Å². The van der Waals surface area contributed by atoms with E-state index in [0.29, 0.717) is 32.6 Å². The molecule has 1 rings (SSSR count). The van der Waals surface area contributed by atoms with E-state index in [1.54, 1.807) is 0 Å². The molecular weight excluding hydrogens is 206 g/mol. The van der Waals surface area contributed by atoms with Crippen LogP contribution in [0.3, 0.4) is 0 Å². The van der Waals surface area contributed by atoms with E-state index in [1.807, 2.05) is 6.92 Å². The molecule has 84 valence electrons. The van der Waals surface area contributed by atoms with Crippen molar-refractivity contribution in [2.24, 2.45) is 0 Å². The van der Waals surface area contributed by atoms with Gasteiger partial charge in [-0.3, -0.25) is 0 Å². The Morgan fingerprint density at radius 1 is 1.36 bits per heavy atom. The maximum atomic E-state index is 11.2. The second-order valence-electron chi connectivity index (χ2n) is 3.17. The van der Waals surface area contributed by atoms with Gasteiger partial charge >= 0.3 is 0 Å². The predicted octanol–water partition coefficient (Wildman–Crippen LogP) is 0.0788. The van der Waals surface area contributed by atoms with Gasteiger partial charge in [0.25, 0.3) is 0 Å². The van der Waals surface area contributed by atoms with Crippen LogP contribution in [0.25, 0.3) is 0 Å². The highest BCUT2D eigenvalue weighted by atomic mass is 32.2. The van der Waals surface area contributed by atoms with E-state index in [1.165, 1.54) is 0 Å². The Morgan fingerprint density at radius 3 is 2.57 bits per heavy atom. The van der Waals surface area contributed by atoms with Gasteiger partial charge in [-0.1, -0.05) is 6.92 Å². The molecule has 1 aliphatic rings. The average Bonchev–Trinajstić information content (AvgIpc) is 2.56. The Labute approximate surface area is 84.8 Å². The van der Waals surface area contributed by atoms with Crippen molar-refractivity contribution in [3.63, 3.8) is 0 Å². The summed E-state index contributed by atoms with van der Waals surface area (Å²) in [5.41, 5.74) is 0. The number of nitrogens with one attached hydrogen (secondary N) is 1. The molecule has 0 amide bonds. The molecule has 1 aliphatic heterocycles. The fourth-order valence-corrected chi connectivity index (χ4v) is 2.36. The molecule has 0 bridgehead atoms. The highest BCUT2D eigenvalue weighted by Gasteiger charge is 2.16. The summed E-state index contributed by atoms with van der Waals surface area (Å²) >= 11 is 0. The summed E-state index contributed by atoms with van der Waals surface area (Å²) in [4.78, 5) is 0. The first-order chi connectivity index (χ1) is 6.64. The zero-order valence-electron chi connectivity index (χ0n) is 8.36. The number of rotatable bonds is 6. The van der Waals surface area contributed by atoms with Crippen molar-refractivity contribution >= 4 is 10.0 Å². The minimum Gasteiger partial charge on any atom is -0.350 e. The summed E-state index contributed by atoms with van der Waals surface area (Å²) < 4.78 is 35.3. The van der Waals surface area contributed by atoms with Crippen molar-refractivity contribution < 1.29 is 17.9 Å². The Bertz CT molecular complexity index is 246. The predicted molar refractivity (Wildman–Crippen MR) is 52.4 cm³/mol. The maximum Gasteiger partial charge on any atom is 0.211 e. The molecule has 0 radical (unpaired) electrons. The van der Waals surface area contributed by atoms with E-state index >= 15 is 0 Å². The highest BCUT2D eigenvalue weighted by Crippen LogP contribution is 2.06. The van der Waals surface area contributed by atoms with Gasteiger partial charge in [0, 0.05) is 13.0 Å². The van der Waals surface area contributed by atoms with Crippen molar-refractivity contribution in [1.82, 2.24) is 4.72 Å². The molecular formula is C8H17NO4S. The Hall–Kier alpha value is -0.170. The van der Waals surface area contributed by atoms with E-state index in [4.69, 9.17) is 9.47 Å². The zero-order valence-corrected chi connectivity index (χ0v) is 9.18. The second kappa shape index (κ2) is 5.65. The molecule has 1 fully saturated rings. The summed E-state index contributed by atoms with van der Waals surface area (Å²) in [6, 6.07) is 0. The van der Waals surface area contributed by atoms with Gasteiger partial charge in [0.05, 0.1) is 19.0 Å². The SMILES string of the molecule is CCCS(=O)(=O)NCCC1OCCO1. The van der Waals surface area contributed by atoms with E-state index in [2.05, 4.69) is 4.72 Å². The molecule has 0 atom stereocenters. The molecule has 0 aliphatic carbocycles. The van der Waals surface area contributed by atoms with Gasteiger partial charge in [-0.05, 0) is 6.42 Å². The van der Waals surface area contributed by atoms with E-state index in [-0.39, 0.29) is 12.0 Å². The van der Waals surface area contributed by atoms with Gasteiger partial charge in [-0.25, -0.2) is 13.1 Å². The minimum atomic E-state index is -3.08. The van der Waals surface area contributed by atoms with Gasteiger partial charge in [0.1, 0.15) is 0 Å². The minimum absolute atomic E-state index is 0.180. The van der Waals surface area contributed by atoms with E-state index < -0.39 is 10.0 Å². The van der Waals surface area contributed by atoms with Crippen molar-refractivity contribution in [2.75, 3.05) is 25.5 Å². The third kappa shape index (κ3) is 4.36. The summed E-state index contributed by atoms with van der Waals surface area (Å²) in [5.74, 6) is 0.180. The van der Waals surface area contributed by atoms with Crippen LogP contribution in [0.15, 0.2) is 0 Å². The molecule has 1 N–H and O–H groups in total. The summed E-state index contributed by atoms with van der Waals surface area (Å²) in [5, 5.41) is 0. The van der Waals surface area contributed by atoms with Crippen LogP contribution in [0.5, 0.6) is 0 Å². The molecule has 5 nitrogen and oxygen atoms in total. The van der Waals surface area contributed by atoms with Gasteiger partial charge in [0.15, 0.2) is 6.29 Å². The first-order valence-corrected chi connectivity index (χ1v) is 6.50. The summed E-state index contributed by atoms with van der Waals surface area (Å²) in [7, 11) is -3.08. The molecule has 6 heteroatoms. The molecule has 14 heavy (non-hydrogen) atoms. The number of hydrogen-bond donors (Lipinski definition) is 1. The maximum absolute atomic E-state index is 11.2. The first kappa shape index (κ1) is 11.9.